The number of fused-ring (bicyclic) bond motifs is 1. The van der Waals surface area contributed by atoms with E-state index in [1.165, 1.54) is 6.08 Å². The topological polar surface area (TPSA) is 122 Å². The second-order valence-electron chi connectivity index (χ2n) is 11.2. The van der Waals surface area contributed by atoms with E-state index in [1.807, 2.05) is 20.8 Å². The summed E-state index contributed by atoms with van der Waals surface area (Å²) in [5.74, 6) is -2.59. The first-order chi connectivity index (χ1) is 20.3. The number of carboxylic acid groups (broad SMARTS) is 1. The van der Waals surface area contributed by atoms with Crippen LogP contribution in [0.2, 0.25) is 10.0 Å². The summed E-state index contributed by atoms with van der Waals surface area (Å²) in [5.41, 5.74) is 3.64. The Hall–Kier alpha value is -3.14. The summed E-state index contributed by atoms with van der Waals surface area (Å²) in [6.07, 6.45) is 3.79. The Kier molecular flexibility index (Phi) is 12.2. The molecule has 8 nitrogen and oxygen atoms in total. The zero-order valence-electron chi connectivity index (χ0n) is 24.0. The Morgan fingerprint density at radius 1 is 0.955 bits per heavy atom. The van der Waals surface area contributed by atoms with Crippen molar-refractivity contribution in [3.63, 3.8) is 0 Å². The van der Waals surface area contributed by atoms with E-state index in [2.05, 4.69) is 10.6 Å². The summed E-state index contributed by atoms with van der Waals surface area (Å²) >= 11 is 12.2. The molecular weight excluding hydrogens is 614 g/mol. The number of benzene rings is 3. The van der Waals surface area contributed by atoms with Gasteiger partial charge in [0.25, 0.3) is 11.8 Å². The number of anilines is 1. The van der Waals surface area contributed by atoms with Crippen LogP contribution in [0, 0.1) is 0 Å². The zero-order valence-corrected chi connectivity index (χ0v) is 25.5. The van der Waals surface area contributed by atoms with Crippen LogP contribution in [-0.4, -0.2) is 70.1 Å². The maximum absolute atomic E-state index is 13.1. The number of nitrogens with one attached hydrogen (secondary N) is 2. The summed E-state index contributed by atoms with van der Waals surface area (Å²) in [4.78, 5) is 50.1. The molecule has 1 aliphatic carbocycles. The molecule has 2 amide bonds. The third kappa shape index (κ3) is 9.43. The van der Waals surface area contributed by atoms with Gasteiger partial charge in [-0.25, -0.2) is 9.59 Å². The van der Waals surface area contributed by atoms with Gasteiger partial charge in [-0.3, -0.25) is 9.59 Å². The number of carbonyl (C=O) groups is 4. The number of carboxylic acids is 1. The minimum atomic E-state index is -1.19. The van der Waals surface area contributed by atoms with Crippen molar-refractivity contribution >= 4 is 87.8 Å². The van der Waals surface area contributed by atoms with Crippen molar-refractivity contribution in [2.24, 2.45) is 0 Å². The molecular formula is C33H33Cl2N2NaO6. The first-order valence-electron chi connectivity index (χ1n) is 13.8. The van der Waals surface area contributed by atoms with Crippen LogP contribution >= 0.6 is 23.2 Å². The molecule has 0 spiro atoms. The van der Waals surface area contributed by atoms with Gasteiger partial charge in [0.2, 0.25) is 0 Å². The minimum absolute atomic E-state index is 0. The van der Waals surface area contributed by atoms with Crippen molar-refractivity contribution in [2.75, 3.05) is 5.32 Å². The van der Waals surface area contributed by atoms with Gasteiger partial charge in [0.1, 0.15) is 11.6 Å². The number of ether oxygens (including phenoxy) is 1. The molecule has 4 rings (SSSR count). The Labute approximate surface area is 288 Å². The van der Waals surface area contributed by atoms with E-state index in [1.54, 1.807) is 60.7 Å². The van der Waals surface area contributed by atoms with Crippen molar-refractivity contribution in [1.29, 1.82) is 0 Å². The first-order valence-corrected chi connectivity index (χ1v) is 14.5. The predicted molar refractivity (Wildman–Crippen MR) is 174 cm³/mol. The summed E-state index contributed by atoms with van der Waals surface area (Å²) in [6.45, 7) is 5.42. The molecule has 0 bridgehead atoms. The molecule has 1 atom stereocenters. The number of carbonyl (C=O) groups excluding carboxylic acids is 3. The summed E-state index contributed by atoms with van der Waals surface area (Å²) in [5, 5.41) is 15.6. The van der Waals surface area contributed by atoms with E-state index >= 15 is 0 Å². The van der Waals surface area contributed by atoms with E-state index in [9.17, 15) is 24.3 Å². The van der Waals surface area contributed by atoms with Crippen molar-refractivity contribution < 1.29 is 29.0 Å². The molecule has 0 unspecified atom stereocenters. The van der Waals surface area contributed by atoms with Crippen LogP contribution in [0.4, 0.5) is 5.69 Å². The van der Waals surface area contributed by atoms with Crippen LogP contribution in [0.1, 0.15) is 71.0 Å². The fourth-order valence-electron chi connectivity index (χ4n) is 4.79. The predicted octanol–water partition coefficient (Wildman–Crippen LogP) is 6.08. The molecule has 44 heavy (non-hydrogen) atoms. The molecule has 3 N–H and O–H groups in total. The number of aryl methyl sites for hydroxylation is 1. The van der Waals surface area contributed by atoms with Gasteiger partial charge in [-0.1, -0.05) is 47.5 Å². The number of esters is 1. The third-order valence-corrected chi connectivity index (χ3v) is 7.38. The van der Waals surface area contributed by atoms with Gasteiger partial charge in [0.15, 0.2) is 0 Å². The van der Waals surface area contributed by atoms with Crippen molar-refractivity contribution in [3.8, 4) is 0 Å². The Morgan fingerprint density at radius 3 is 2.23 bits per heavy atom. The van der Waals surface area contributed by atoms with Crippen LogP contribution < -0.4 is 10.6 Å². The Bertz CT molecular complexity index is 1580. The summed E-state index contributed by atoms with van der Waals surface area (Å²) in [6, 6.07) is 15.3. The number of amides is 2. The second kappa shape index (κ2) is 15.2. The van der Waals surface area contributed by atoms with Gasteiger partial charge in [-0.05, 0) is 98.7 Å². The van der Waals surface area contributed by atoms with Crippen LogP contribution in [0.5, 0.6) is 0 Å². The fraction of sp³-hybridized carbons (Fsp3) is 0.273. The molecule has 1 aliphatic rings. The van der Waals surface area contributed by atoms with Crippen LogP contribution in [0.3, 0.4) is 0 Å². The van der Waals surface area contributed by atoms with Crippen molar-refractivity contribution in [2.45, 2.75) is 58.1 Å². The van der Waals surface area contributed by atoms with Gasteiger partial charge in [0, 0.05) is 23.7 Å². The summed E-state index contributed by atoms with van der Waals surface area (Å²) < 4.78 is 5.42. The molecule has 0 saturated carbocycles. The van der Waals surface area contributed by atoms with Crippen molar-refractivity contribution in [3.05, 3.63) is 105 Å². The normalized spacial score (nSPS) is 14.1. The number of allylic oxidation sites excluding steroid dienone is 1. The van der Waals surface area contributed by atoms with Crippen LogP contribution in [0.15, 0.2) is 66.7 Å². The number of halogens is 2. The monoisotopic (exact) mass is 646 g/mol. The van der Waals surface area contributed by atoms with Crippen molar-refractivity contribution in [1.82, 2.24) is 5.32 Å². The molecule has 0 saturated heterocycles. The molecule has 3 aromatic carbocycles. The Balaban J connectivity index is 0.00000529. The molecule has 3 aromatic rings. The first kappa shape index (κ1) is 35.3. The molecule has 0 aliphatic heterocycles. The van der Waals surface area contributed by atoms with E-state index in [4.69, 9.17) is 27.9 Å². The average Bonchev–Trinajstić information content (AvgIpc) is 2.92. The second-order valence-corrected chi connectivity index (χ2v) is 12.1. The number of hydrogen-bond donors (Lipinski definition) is 3. The standard InChI is InChI=1S/C33H32Cl2N2O6.Na.H/c1-33(2,3)43-28(38)18-21-7-4-6-20-17-22(12-15-24(20)21)30(39)37-27(32(41)42)16-19-10-13-23(14-11-19)36-31(40)29-25(34)8-5-9-26(29)35;;/h5,8-15,17-18,27H,4,6-7,16H2,1-3H3,(H,36,40)(H,37,39)(H,41,42);;/b21-18+;;/t27-;;/m0../s1. The molecule has 0 radical (unpaired) electrons. The number of aliphatic carboxylic acids is 1. The van der Waals surface area contributed by atoms with Gasteiger partial charge >= 0.3 is 41.5 Å². The SMILES string of the molecule is CC(C)(C)OC(=O)/C=C1\CCCc2cc(C(=O)N[C@@H](Cc3ccc(NC(=O)c4c(Cl)cccc4Cl)cc3)C(=O)O)ccc21.[NaH]. The van der Waals surface area contributed by atoms with Crippen LogP contribution in [-0.2, 0) is 27.2 Å². The van der Waals surface area contributed by atoms with Gasteiger partial charge in [0.05, 0.1) is 15.6 Å². The van der Waals surface area contributed by atoms with E-state index in [-0.39, 0.29) is 51.6 Å². The molecule has 0 aromatic heterocycles. The quantitative estimate of drug-likeness (QED) is 0.155. The zero-order chi connectivity index (χ0) is 31.3. The molecule has 226 valence electrons. The van der Waals surface area contributed by atoms with Gasteiger partial charge in [-0.2, -0.15) is 0 Å². The van der Waals surface area contributed by atoms with Crippen LogP contribution in [0.25, 0.3) is 5.57 Å². The molecule has 0 fully saturated rings. The molecule has 0 heterocycles. The third-order valence-electron chi connectivity index (χ3n) is 6.75. The Morgan fingerprint density at radius 2 is 1.61 bits per heavy atom. The van der Waals surface area contributed by atoms with Gasteiger partial charge in [-0.15, -0.1) is 0 Å². The van der Waals surface area contributed by atoms with E-state index < -0.39 is 35.4 Å². The fourth-order valence-corrected chi connectivity index (χ4v) is 5.36. The summed E-state index contributed by atoms with van der Waals surface area (Å²) in [7, 11) is 0. The number of hydrogen-bond acceptors (Lipinski definition) is 5. The van der Waals surface area contributed by atoms with Gasteiger partial charge < -0.3 is 20.5 Å². The van der Waals surface area contributed by atoms with E-state index in [0.29, 0.717) is 16.8 Å². The number of rotatable bonds is 8. The van der Waals surface area contributed by atoms with E-state index in [0.717, 1.165) is 36.0 Å². The maximum atomic E-state index is 13.1. The average molecular weight is 648 g/mol. The molecule has 11 heteroatoms.